The first-order chi connectivity index (χ1) is 13.3. The highest BCUT2D eigenvalue weighted by Gasteiger charge is 2.40. The Morgan fingerprint density at radius 2 is 2.00 bits per heavy atom. The Labute approximate surface area is 166 Å². The number of nitrogens with zero attached hydrogens (tertiary/aromatic N) is 1. The van der Waals surface area contributed by atoms with Crippen molar-refractivity contribution in [2.24, 2.45) is 5.92 Å². The maximum Gasteiger partial charge on any atom is 0.264 e. The van der Waals surface area contributed by atoms with Crippen LogP contribution in [0.25, 0.3) is 5.57 Å². The molecule has 3 rings (SSSR count). The van der Waals surface area contributed by atoms with E-state index in [2.05, 4.69) is 0 Å². The fourth-order valence-corrected chi connectivity index (χ4v) is 5.02. The quantitative estimate of drug-likeness (QED) is 0.644. The Balaban J connectivity index is 1.99. The fraction of sp³-hybridized carbons (Fsp3) is 0.571. The Morgan fingerprint density at radius 1 is 1.29 bits per heavy atom. The van der Waals surface area contributed by atoms with Gasteiger partial charge in [0.1, 0.15) is 5.82 Å². The number of carbonyl (C=O) groups is 1. The third-order valence-corrected chi connectivity index (χ3v) is 6.41. The van der Waals surface area contributed by atoms with Crippen molar-refractivity contribution in [3.63, 3.8) is 0 Å². The second kappa shape index (κ2) is 8.33. The molecule has 0 fully saturated rings. The van der Waals surface area contributed by atoms with E-state index in [1.807, 2.05) is 18.7 Å². The van der Waals surface area contributed by atoms with Crippen LogP contribution in [0.5, 0.6) is 0 Å². The molecule has 5 nitrogen and oxygen atoms in total. The highest BCUT2D eigenvalue weighted by atomic mass is 32.2. The second-order valence-electron chi connectivity index (χ2n) is 7.49. The molecule has 28 heavy (non-hydrogen) atoms. The van der Waals surface area contributed by atoms with Gasteiger partial charge in [0.25, 0.3) is 10.1 Å². The van der Waals surface area contributed by atoms with E-state index < -0.39 is 10.1 Å². The van der Waals surface area contributed by atoms with Crippen molar-refractivity contribution in [3.8, 4) is 0 Å². The first-order valence-corrected chi connectivity index (χ1v) is 11.7. The first kappa shape index (κ1) is 21.0. The molecule has 2 unspecified atom stereocenters. The van der Waals surface area contributed by atoms with Crippen molar-refractivity contribution in [2.75, 3.05) is 26.0 Å². The number of hydrogen-bond donors (Lipinski definition) is 0. The lowest BCUT2D eigenvalue weighted by molar-refractivity contribution is -0.133. The Hall–Kier alpha value is -1.73. The molecule has 2 aliphatic rings. The second-order valence-corrected chi connectivity index (χ2v) is 9.14. The molecule has 7 heteroatoms. The Kier molecular flexibility index (Phi) is 6.25. The zero-order valence-corrected chi connectivity index (χ0v) is 17.5. The summed E-state index contributed by atoms with van der Waals surface area (Å²) in [5.41, 5.74) is 3.89. The van der Waals surface area contributed by atoms with Gasteiger partial charge in [-0.2, -0.15) is 8.42 Å². The van der Waals surface area contributed by atoms with Gasteiger partial charge < -0.3 is 4.90 Å². The summed E-state index contributed by atoms with van der Waals surface area (Å²) in [4.78, 5) is 15.0. The zero-order chi connectivity index (χ0) is 20.5. The van der Waals surface area contributed by atoms with Gasteiger partial charge in [-0.15, -0.1) is 0 Å². The summed E-state index contributed by atoms with van der Waals surface area (Å²) < 4.78 is 41.7. The summed E-state index contributed by atoms with van der Waals surface area (Å²) in [6, 6.07) is 4.73. The lowest BCUT2D eigenvalue weighted by Gasteiger charge is -2.30. The van der Waals surface area contributed by atoms with Crippen molar-refractivity contribution in [1.29, 1.82) is 0 Å². The van der Waals surface area contributed by atoms with Gasteiger partial charge in [0, 0.05) is 19.0 Å². The molecule has 0 N–H and O–H groups in total. The maximum absolute atomic E-state index is 14.1. The molecule has 0 bridgehead atoms. The fourth-order valence-electron chi connectivity index (χ4n) is 4.63. The zero-order valence-electron chi connectivity index (χ0n) is 16.7. The van der Waals surface area contributed by atoms with E-state index in [0.717, 1.165) is 47.8 Å². The minimum absolute atomic E-state index is 0.0281. The van der Waals surface area contributed by atoms with Crippen molar-refractivity contribution < 1.29 is 21.8 Å². The molecule has 1 aromatic rings. The molecule has 0 saturated carbocycles. The number of rotatable bonds is 7. The minimum atomic E-state index is -3.51. The number of benzene rings is 1. The van der Waals surface area contributed by atoms with Crippen LogP contribution in [-0.2, 0) is 19.1 Å². The van der Waals surface area contributed by atoms with Gasteiger partial charge in [-0.25, -0.2) is 4.39 Å². The van der Waals surface area contributed by atoms with E-state index in [1.165, 1.54) is 12.1 Å². The van der Waals surface area contributed by atoms with E-state index in [-0.39, 0.29) is 30.2 Å². The van der Waals surface area contributed by atoms with Crippen molar-refractivity contribution in [3.05, 3.63) is 40.7 Å². The highest BCUT2D eigenvalue weighted by molar-refractivity contribution is 7.85. The van der Waals surface area contributed by atoms with Gasteiger partial charge in [-0.1, -0.05) is 11.6 Å². The number of carbonyl (C=O) groups excluding carboxylic acids is 1. The van der Waals surface area contributed by atoms with Gasteiger partial charge in [-0.05, 0) is 68.4 Å². The van der Waals surface area contributed by atoms with Crippen molar-refractivity contribution in [1.82, 2.24) is 4.90 Å². The predicted octanol–water partition coefficient (Wildman–Crippen LogP) is 3.71. The van der Waals surface area contributed by atoms with E-state index in [1.54, 1.807) is 6.07 Å². The summed E-state index contributed by atoms with van der Waals surface area (Å²) in [5.74, 6) is -0.511. The molecule has 0 aromatic heterocycles. The monoisotopic (exact) mass is 409 g/mol. The van der Waals surface area contributed by atoms with E-state index in [0.29, 0.717) is 19.5 Å². The molecule has 0 saturated heterocycles. The van der Waals surface area contributed by atoms with Crippen LogP contribution in [0.3, 0.4) is 0 Å². The SMILES string of the molecule is CCN(CC)C(=O)C1CCCC2=C1c1cc(F)ccc1C2CCOS(C)(=O)=O. The van der Waals surface area contributed by atoms with Gasteiger partial charge in [-0.3, -0.25) is 8.98 Å². The maximum atomic E-state index is 14.1. The van der Waals surface area contributed by atoms with Crippen LogP contribution in [0.2, 0.25) is 0 Å². The molecule has 0 aliphatic heterocycles. The van der Waals surface area contributed by atoms with Crippen LogP contribution >= 0.6 is 0 Å². The Bertz CT molecular complexity index is 890. The molecule has 0 heterocycles. The predicted molar refractivity (Wildman–Crippen MR) is 107 cm³/mol. The molecular formula is C21H28FNO4S. The molecule has 154 valence electrons. The smallest absolute Gasteiger partial charge is 0.264 e. The van der Waals surface area contributed by atoms with Crippen LogP contribution in [-0.4, -0.2) is 45.2 Å². The average Bonchev–Trinajstić information content (AvgIpc) is 2.95. The number of allylic oxidation sites excluding steroid dienone is 1. The number of fused-ring (bicyclic) bond motifs is 2. The topological polar surface area (TPSA) is 63.7 Å². The summed E-state index contributed by atoms with van der Waals surface area (Å²) >= 11 is 0. The lowest BCUT2D eigenvalue weighted by atomic mass is 9.79. The third kappa shape index (κ3) is 4.15. The van der Waals surface area contributed by atoms with E-state index in [9.17, 15) is 17.6 Å². The first-order valence-electron chi connectivity index (χ1n) is 9.92. The van der Waals surface area contributed by atoms with Gasteiger partial charge in [0.05, 0.1) is 18.8 Å². The van der Waals surface area contributed by atoms with Gasteiger partial charge in [0.2, 0.25) is 5.91 Å². The summed E-state index contributed by atoms with van der Waals surface area (Å²) in [5, 5.41) is 0. The highest BCUT2D eigenvalue weighted by Crippen LogP contribution is 2.52. The minimum Gasteiger partial charge on any atom is -0.343 e. The lowest BCUT2D eigenvalue weighted by Crippen LogP contribution is -2.37. The van der Waals surface area contributed by atoms with Crippen LogP contribution in [0, 0.1) is 11.7 Å². The normalized spacial score (nSPS) is 21.4. The van der Waals surface area contributed by atoms with Crippen molar-refractivity contribution in [2.45, 2.75) is 45.4 Å². The standard InChI is InChI=1S/C21H28FNO4S/c1-4-23(5-2)21(24)18-8-6-7-17-16(11-12-27-28(3,25)26)15-10-9-14(22)13-19(15)20(17)18/h9-10,13,16,18H,4-8,11-12H2,1-3H3. The van der Waals surface area contributed by atoms with Crippen LogP contribution in [0.15, 0.2) is 23.8 Å². The molecule has 1 aromatic carbocycles. The molecular weight excluding hydrogens is 381 g/mol. The summed E-state index contributed by atoms with van der Waals surface area (Å²) in [7, 11) is -3.51. The van der Waals surface area contributed by atoms with E-state index in [4.69, 9.17) is 4.18 Å². The number of amides is 1. The molecule has 1 amide bonds. The molecule has 0 spiro atoms. The number of halogens is 1. The van der Waals surface area contributed by atoms with Gasteiger partial charge in [0.15, 0.2) is 0 Å². The van der Waals surface area contributed by atoms with Crippen LogP contribution in [0.4, 0.5) is 4.39 Å². The third-order valence-electron chi connectivity index (χ3n) is 5.81. The number of hydrogen-bond acceptors (Lipinski definition) is 4. The van der Waals surface area contributed by atoms with E-state index >= 15 is 0 Å². The van der Waals surface area contributed by atoms with Crippen LogP contribution in [0.1, 0.15) is 56.6 Å². The largest absolute Gasteiger partial charge is 0.343 e. The van der Waals surface area contributed by atoms with Crippen LogP contribution < -0.4 is 0 Å². The average molecular weight is 410 g/mol. The molecule has 2 atom stereocenters. The molecule has 2 aliphatic carbocycles. The van der Waals surface area contributed by atoms with Crippen molar-refractivity contribution >= 4 is 21.6 Å². The van der Waals surface area contributed by atoms with Gasteiger partial charge >= 0.3 is 0 Å². The summed E-state index contributed by atoms with van der Waals surface area (Å²) in [6.45, 7) is 5.30. The Morgan fingerprint density at radius 3 is 2.64 bits per heavy atom. The molecule has 0 radical (unpaired) electrons. The summed E-state index contributed by atoms with van der Waals surface area (Å²) in [6.07, 6.45) is 4.04.